The fourth-order valence-corrected chi connectivity index (χ4v) is 2.43. The van der Waals surface area contributed by atoms with Crippen molar-refractivity contribution in [2.45, 2.75) is 12.9 Å². The number of aromatic nitrogens is 3. The number of H-pyrrole nitrogens is 1. The minimum absolute atomic E-state index is 0.374. The molecule has 1 atom stereocenters. The van der Waals surface area contributed by atoms with Crippen LogP contribution in [-0.2, 0) is 11.3 Å². The van der Waals surface area contributed by atoms with E-state index in [0.717, 1.165) is 11.0 Å². The first-order chi connectivity index (χ1) is 12.3. The summed E-state index contributed by atoms with van der Waals surface area (Å²) < 4.78 is 10.5. The number of fused-ring (bicyclic) bond motifs is 1. The Labute approximate surface area is 143 Å². The zero-order valence-corrected chi connectivity index (χ0v) is 13.5. The molecule has 4 rings (SSSR count). The zero-order valence-electron chi connectivity index (χ0n) is 13.5. The number of hydrogen-bond acceptors (Lipinski definition) is 8. The second kappa shape index (κ2) is 6.65. The molecule has 128 valence electrons. The third-order valence-electron chi connectivity index (χ3n) is 3.51. The van der Waals surface area contributed by atoms with Gasteiger partial charge in [0.1, 0.15) is 12.4 Å². The lowest BCUT2D eigenvalue weighted by atomic mass is 10.3. The minimum atomic E-state index is -0.374. The number of hydrogen-bond donors (Lipinski definition) is 4. The van der Waals surface area contributed by atoms with Crippen molar-refractivity contribution in [3.63, 3.8) is 0 Å². The number of aliphatic imine (C=N–C) groups is 1. The van der Waals surface area contributed by atoms with E-state index in [-0.39, 0.29) is 6.29 Å². The van der Waals surface area contributed by atoms with E-state index in [1.807, 2.05) is 24.3 Å². The summed E-state index contributed by atoms with van der Waals surface area (Å²) in [6.45, 7) is 0.374. The second-order valence-corrected chi connectivity index (χ2v) is 5.36. The largest absolute Gasteiger partial charge is 0.426 e. The van der Waals surface area contributed by atoms with E-state index < -0.39 is 0 Å². The average Bonchev–Trinajstić information content (AvgIpc) is 3.21. The average molecular weight is 339 g/mol. The minimum Gasteiger partial charge on any atom is -0.426 e. The first-order valence-electron chi connectivity index (χ1n) is 7.72. The van der Waals surface area contributed by atoms with Crippen LogP contribution in [0.4, 0.5) is 12.0 Å². The number of aromatic amines is 1. The molecule has 0 fully saturated rings. The van der Waals surface area contributed by atoms with E-state index in [0.29, 0.717) is 30.2 Å². The molecule has 1 aromatic carbocycles. The van der Waals surface area contributed by atoms with Gasteiger partial charge in [0.05, 0.1) is 17.2 Å². The third-order valence-corrected chi connectivity index (χ3v) is 3.51. The van der Waals surface area contributed by atoms with Crippen molar-refractivity contribution in [2.75, 3.05) is 17.7 Å². The van der Waals surface area contributed by atoms with E-state index >= 15 is 0 Å². The topological polar surface area (TPSA) is 112 Å². The van der Waals surface area contributed by atoms with Gasteiger partial charge in [0.2, 0.25) is 5.95 Å². The molecule has 0 spiro atoms. The summed E-state index contributed by atoms with van der Waals surface area (Å²) >= 11 is 0. The number of methoxy groups -OCH3 is 1. The predicted octanol–water partition coefficient (Wildman–Crippen LogP) is 2.02. The molecule has 0 amide bonds. The Bertz CT molecular complexity index is 894. The van der Waals surface area contributed by atoms with Gasteiger partial charge in [-0.3, -0.25) is 5.32 Å². The fourth-order valence-electron chi connectivity index (χ4n) is 2.43. The van der Waals surface area contributed by atoms with Gasteiger partial charge < -0.3 is 24.8 Å². The number of oxazole rings is 1. The smallest absolute Gasteiger partial charge is 0.300 e. The van der Waals surface area contributed by atoms with Crippen molar-refractivity contribution in [3.05, 3.63) is 48.1 Å². The molecule has 0 saturated heterocycles. The first-order valence-corrected chi connectivity index (χ1v) is 7.72. The number of nitrogens with one attached hydrogen (secondary N) is 4. The highest BCUT2D eigenvalue weighted by molar-refractivity contribution is 5.77. The number of ether oxygens (including phenoxy) is 1. The van der Waals surface area contributed by atoms with Gasteiger partial charge in [-0.1, -0.05) is 12.1 Å². The number of nitrogens with zero attached hydrogens (tertiary/aromatic N) is 3. The van der Waals surface area contributed by atoms with Crippen molar-refractivity contribution in [3.8, 4) is 0 Å². The van der Waals surface area contributed by atoms with Gasteiger partial charge in [-0.05, 0) is 18.2 Å². The highest BCUT2D eigenvalue weighted by Crippen LogP contribution is 2.15. The number of imidazole rings is 1. The number of benzene rings is 1. The summed E-state index contributed by atoms with van der Waals surface area (Å²) in [5.74, 6) is 1.98. The Morgan fingerprint density at radius 2 is 2.24 bits per heavy atom. The van der Waals surface area contributed by atoms with Crippen LogP contribution in [0.25, 0.3) is 11.0 Å². The number of allylic oxidation sites excluding steroid dienone is 1. The normalized spacial score (nSPS) is 16.5. The molecule has 25 heavy (non-hydrogen) atoms. The van der Waals surface area contributed by atoms with Crippen molar-refractivity contribution in [1.29, 1.82) is 0 Å². The molecule has 0 saturated carbocycles. The van der Waals surface area contributed by atoms with Crippen LogP contribution in [0.3, 0.4) is 0 Å². The molecular weight excluding hydrogens is 322 g/mol. The van der Waals surface area contributed by atoms with Crippen molar-refractivity contribution < 1.29 is 9.15 Å². The van der Waals surface area contributed by atoms with E-state index in [9.17, 15) is 0 Å². The molecule has 3 heterocycles. The quantitative estimate of drug-likeness (QED) is 0.543. The predicted molar refractivity (Wildman–Crippen MR) is 94.1 cm³/mol. The third kappa shape index (κ3) is 3.45. The maximum atomic E-state index is 5.51. The SMILES string of the molecule is COCc1cnc(NC2=CC=NC(Nc3nc4ccccc4[nH]3)N2)o1. The molecule has 3 aromatic rings. The Hall–Kier alpha value is -3.33. The van der Waals surface area contributed by atoms with Crippen LogP contribution < -0.4 is 16.0 Å². The van der Waals surface area contributed by atoms with Gasteiger partial charge in [-0.2, -0.15) is 0 Å². The molecule has 2 aromatic heterocycles. The Morgan fingerprint density at radius 3 is 3.12 bits per heavy atom. The van der Waals surface area contributed by atoms with E-state index in [4.69, 9.17) is 9.15 Å². The molecule has 1 aliphatic heterocycles. The molecule has 1 aliphatic rings. The second-order valence-electron chi connectivity index (χ2n) is 5.36. The molecule has 0 aliphatic carbocycles. The Kier molecular flexibility index (Phi) is 4.05. The van der Waals surface area contributed by atoms with Crippen molar-refractivity contribution >= 4 is 29.2 Å². The van der Waals surface area contributed by atoms with Gasteiger partial charge in [0.25, 0.3) is 0 Å². The summed E-state index contributed by atoms with van der Waals surface area (Å²) in [5, 5.41) is 9.43. The number of rotatable bonds is 6. The standard InChI is InChI=1S/C16H17N7O2/c1-24-9-10-8-18-16(25-10)22-13-6-7-17-14(21-13)23-15-19-11-4-2-3-5-12(11)20-15/h2-8,14,21H,9H2,1H3,(H,18,22)(H2,19,20,23). The zero-order chi connectivity index (χ0) is 17.1. The molecule has 4 N–H and O–H groups in total. The number of anilines is 2. The summed E-state index contributed by atoms with van der Waals surface area (Å²) in [6.07, 6.45) is 4.73. The summed E-state index contributed by atoms with van der Waals surface area (Å²) in [5.41, 5.74) is 1.85. The van der Waals surface area contributed by atoms with Crippen LogP contribution in [0.1, 0.15) is 5.76 Å². The van der Waals surface area contributed by atoms with Gasteiger partial charge in [0.15, 0.2) is 12.0 Å². The summed E-state index contributed by atoms with van der Waals surface area (Å²) in [4.78, 5) is 16.1. The van der Waals surface area contributed by atoms with Crippen molar-refractivity contribution in [1.82, 2.24) is 20.3 Å². The summed E-state index contributed by atoms with van der Waals surface area (Å²) in [7, 11) is 1.60. The highest BCUT2D eigenvalue weighted by Gasteiger charge is 2.14. The fraction of sp³-hybridized carbons (Fsp3) is 0.188. The van der Waals surface area contributed by atoms with Crippen LogP contribution in [0, 0.1) is 0 Å². The lowest BCUT2D eigenvalue weighted by Crippen LogP contribution is -2.38. The summed E-state index contributed by atoms with van der Waals surface area (Å²) in [6, 6.07) is 8.20. The molecule has 9 nitrogen and oxygen atoms in total. The van der Waals surface area contributed by atoms with Gasteiger partial charge in [-0.25, -0.2) is 15.0 Å². The van der Waals surface area contributed by atoms with E-state index in [1.165, 1.54) is 0 Å². The number of para-hydroxylation sites is 2. The van der Waals surface area contributed by atoms with Crippen LogP contribution in [0.5, 0.6) is 0 Å². The molecule has 0 radical (unpaired) electrons. The van der Waals surface area contributed by atoms with E-state index in [2.05, 4.69) is 35.9 Å². The monoisotopic (exact) mass is 339 g/mol. The van der Waals surface area contributed by atoms with Crippen LogP contribution in [0.15, 0.2) is 51.8 Å². The highest BCUT2D eigenvalue weighted by atomic mass is 16.5. The van der Waals surface area contributed by atoms with Crippen LogP contribution >= 0.6 is 0 Å². The van der Waals surface area contributed by atoms with Crippen molar-refractivity contribution in [2.24, 2.45) is 4.99 Å². The molecule has 0 bridgehead atoms. The van der Waals surface area contributed by atoms with Gasteiger partial charge in [-0.15, -0.1) is 0 Å². The molecule has 9 heteroatoms. The van der Waals surface area contributed by atoms with Gasteiger partial charge >= 0.3 is 6.01 Å². The van der Waals surface area contributed by atoms with Gasteiger partial charge in [0, 0.05) is 13.3 Å². The van der Waals surface area contributed by atoms with Crippen LogP contribution in [0.2, 0.25) is 0 Å². The molecular formula is C16H17N7O2. The van der Waals surface area contributed by atoms with E-state index in [1.54, 1.807) is 25.6 Å². The lowest BCUT2D eigenvalue weighted by molar-refractivity contribution is 0.165. The maximum Gasteiger partial charge on any atom is 0.300 e. The van der Waals surface area contributed by atoms with Crippen LogP contribution in [-0.4, -0.2) is 34.6 Å². The first kappa shape index (κ1) is 15.2. The Morgan fingerprint density at radius 1 is 1.32 bits per heavy atom. The lowest BCUT2D eigenvalue weighted by Gasteiger charge is -2.21. The molecule has 1 unspecified atom stereocenters. The Balaban J connectivity index is 1.40. The maximum absolute atomic E-state index is 5.51.